The van der Waals surface area contributed by atoms with Gasteiger partial charge in [0.1, 0.15) is 5.82 Å². The first kappa shape index (κ1) is 19.8. The van der Waals surface area contributed by atoms with E-state index in [1.165, 1.54) is 36.3 Å². The van der Waals surface area contributed by atoms with Gasteiger partial charge in [-0.05, 0) is 60.9 Å². The lowest BCUT2D eigenvalue weighted by molar-refractivity contribution is -0.00945. The van der Waals surface area contributed by atoms with Crippen LogP contribution in [0.5, 0.6) is 0 Å². The second kappa shape index (κ2) is 8.16. The molecule has 2 atom stereocenters. The first-order valence-electron chi connectivity index (χ1n) is 11.5. The molecule has 1 aliphatic carbocycles. The van der Waals surface area contributed by atoms with Crippen LogP contribution in [0.2, 0.25) is 0 Å². The summed E-state index contributed by atoms with van der Waals surface area (Å²) in [4.78, 5) is 7.59. The smallest absolute Gasteiger partial charge is 0.109 e. The van der Waals surface area contributed by atoms with Crippen LogP contribution in [-0.4, -0.2) is 47.3 Å². The molecule has 0 N–H and O–H groups in total. The molecule has 30 heavy (non-hydrogen) atoms. The lowest BCUT2D eigenvalue weighted by Crippen LogP contribution is -2.47. The molecule has 1 aliphatic heterocycles. The molecule has 4 heteroatoms. The van der Waals surface area contributed by atoms with Crippen molar-refractivity contribution in [2.24, 2.45) is 5.92 Å². The van der Waals surface area contributed by atoms with E-state index < -0.39 is 0 Å². The largest absolute Gasteiger partial charge is 0.378 e. The summed E-state index contributed by atoms with van der Waals surface area (Å²) in [6, 6.07) is 16.0. The van der Waals surface area contributed by atoms with Crippen molar-refractivity contribution in [3.05, 3.63) is 65.0 Å². The first-order chi connectivity index (χ1) is 14.7. The Kier molecular flexibility index (Phi) is 5.38. The molecule has 3 aromatic rings. The predicted molar refractivity (Wildman–Crippen MR) is 122 cm³/mol. The highest BCUT2D eigenvalue weighted by Crippen LogP contribution is 2.33. The minimum atomic E-state index is 0.200. The molecule has 2 heterocycles. The first-order valence-corrected chi connectivity index (χ1v) is 11.5. The lowest BCUT2D eigenvalue weighted by atomic mass is 9.98. The number of fused-ring (bicyclic) bond motifs is 2. The molecule has 5 rings (SSSR count). The third-order valence-corrected chi connectivity index (χ3v) is 7.13. The van der Waals surface area contributed by atoms with Crippen LogP contribution in [0.1, 0.15) is 41.9 Å². The van der Waals surface area contributed by atoms with Crippen molar-refractivity contribution in [3.63, 3.8) is 0 Å². The fraction of sp³-hybridized carbons (Fsp3) is 0.500. The second-order valence-corrected chi connectivity index (χ2v) is 9.18. The van der Waals surface area contributed by atoms with E-state index in [4.69, 9.17) is 9.72 Å². The van der Waals surface area contributed by atoms with Crippen LogP contribution < -0.4 is 0 Å². The number of hydrogen-bond donors (Lipinski definition) is 0. The molecule has 2 aromatic carbocycles. The maximum Gasteiger partial charge on any atom is 0.109 e. The number of piperidine rings is 1. The highest BCUT2D eigenvalue weighted by Gasteiger charge is 2.34. The van der Waals surface area contributed by atoms with Crippen molar-refractivity contribution in [2.45, 2.75) is 51.7 Å². The van der Waals surface area contributed by atoms with Gasteiger partial charge in [0.15, 0.2) is 0 Å². The fourth-order valence-corrected chi connectivity index (χ4v) is 5.68. The number of nitrogens with zero attached hydrogens (tertiary/aromatic N) is 3. The molecule has 0 radical (unpaired) electrons. The van der Waals surface area contributed by atoms with Crippen molar-refractivity contribution >= 4 is 11.0 Å². The number of hydrogen-bond acceptors (Lipinski definition) is 3. The van der Waals surface area contributed by atoms with Crippen LogP contribution in [0.3, 0.4) is 0 Å². The van der Waals surface area contributed by atoms with Crippen LogP contribution in [0.15, 0.2) is 42.5 Å². The van der Waals surface area contributed by atoms with Gasteiger partial charge in [0.2, 0.25) is 0 Å². The molecule has 4 nitrogen and oxygen atoms in total. The minimum Gasteiger partial charge on any atom is -0.378 e. The van der Waals surface area contributed by atoms with Crippen LogP contribution in [0.25, 0.3) is 11.0 Å². The van der Waals surface area contributed by atoms with Gasteiger partial charge in [0.25, 0.3) is 0 Å². The van der Waals surface area contributed by atoms with E-state index >= 15 is 0 Å². The van der Waals surface area contributed by atoms with E-state index in [9.17, 15) is 0 Å². The summed E-state index contributed by atoms with van der Waals surface area (Å²) in [7, 11) is 1.88. The highest BCUT2D eigenvalue weighted by molar-refractivity contribution is 5.77. The average molecular weight is 404 g/mol. The van der Waals surface area contributed by atoms with E-state index in [0.29, 0.717) is 6.04 Å². The Labute approximate surface area is 179 Å². The normalized spacial score (nSPS) is 22.6. The Balaban J connectivity index is 1.33. The Morgan fingerprint density at radius 3 is 2.57 bits per heavy atom. The van der Waals surface area contributed by atoms with Gasteiger partial charge in [-0.1, -0.05) is 37.3 Å². The van der Waals surface area contributed by atoms with Crippen LogP contribution in [-0.2, 0) is 24.0 Å². The van der Waals surface area contributed by atoms with Crippen LogP contribution in [0.4, 0.5) is 0 Å². The van der Waals surface area contributed by atoms with Crippen molar-refractivity contribution < 1.29 is 4.74 Å². The van der Waals surface area contributed by atoms with E-state index in [0.717, 1.165) is 37.4 Å². The monoisotopic (exact) mass is 403 g/mol. The molecule has 1 fully saturated rings. The van der Waals surface area contributed by atoms with E-state index in [2.05, 4.69) is 65.8 Å². The summed E-state index contributed by atoms with van der Waals surface area (Å²) < 4.78 is 8.54. The number of imidazole rings is 1. The molecule has 158 valence electrons. The number of likely N-dealkylation sites (tertiary alicyclic amines) is 1. The lowest BCUT2D eigenvalue weighted by Gasteiger charge is -2.40. The number of ether oxygens (including phenoxy) is 1. The molecule has 1 unspecified atom stereocenters. The third-order valence-electron chi connectivity index (χ3n) is 7.13. The molecular formula is C26H33N3O. The summed E-state index contributed by atoms with van der Waals surface area (Å²) >= 11 is 0. The Hall–Kier alpha value is -2.17. The quantitative estimate of drug-likeness (QED) is 0.624. The fourth-order valence-electron chi connectivity index (χ4n) is 5.68. The molecule has 0 saturated carbocycles. The van der Waals surface area contributed by atoms with Crippen LogP contribution in [0, 0.1) is 12.8 Å². The predicted octanol–water partition coefficient (Wildman–Crippen LogP) is 4.58. The number of aryl methyl sites for hydroxylation is 2. The van der Waals surface area contributed by atoms with Gasteiger partial charge in [-0.25, -0.2) is 4.98 Å². The Bertz CT molecular complexity index is 1010. The molecule has 0 spiro atoms. The standard InChI is InChI=1S/C26H33N3O/c1-4-26-27-22-13-18(2)9-10-23(22)29(26)24-11-12-28(17-25(24)30-3)16-19-14-20-7-5-6-8-21(20)15-19/h5-10,13,19,24-25H,4,11-12,14-17H2,1-3H3/t24?,25-/m1/s1. The molecule has 1 aromatic heterocycles. The van der Waals surface area contributed by atoms with Gasteiger partial charge in [-0.15, -0.1) is 0 Å². The number of aromatic nitrogens is 2. The van der Waals surface area contributed by atoms with E-state index in [1.54, 1.807) is 11.1 Å². The Morgan fingerprint density at radius 1 is 1.10 bits per heavy atom. The summed E-state index contributed by atoms with van der Waals surface area (Å²) in [6.45, 7) is 7.65. The zero-order chi connectivity index (χ0) is 20.7. The SMILES string of the molecule is CCc1nc2cc(C)ccc2n1C1CCN(CC2Cc3ccccc3C2)C[C@H]1OC. The molecule has 1 saturated heterocycles. The Morgan fingerprint density at radius 2 is 1.87 bits per heavy atom. The van der Waals surface area contributed by atoms with Gasteiger partial charge in [0.05, 0.1) is 23.2 Å². The minimum absolute atomic E-state index is 0.200. The highest BCUT2D eigenvalue weighted by atomic mass is 16.5. The van der Waals surface area contributed by atoms with Crippen molar-refractivity contribution in [1.82, 2.24) is 14.5 Å². The summed E-state index contributed by atoms with van der Waals surface area (Å²) in [5.41, 5.74) is 6.74. The zero-order valence-electron chi connectivity index (χ0n) is 18.5. The van der Waals surface area contributed by atoms with Gasteiger partial charge in [0, 0.05) is 33.2 Å². The van der Waals surface area contributed by atoms with Crippen LogP contribution >= 0.6 is 0 Å². The third kappa shape index (κ3) is 3.57. The zero-order valence-corrected chi connectivity index (χ0v) is 18.5. The summed E-state index contributed by atoms with van der Waals surface area (Å²) in [5, 5.41) is 0. The molecule has 2 aliphatic rings. The average Bonchev–Trinajstić information content (AvgIpc) is 3.33. The van der Waals surface area contributed by atoms with Gasteiger partial charge >= 0.3 is 0 Å². The van der Waals surface area contributed by atoms with Gasteiger partial charge in [-0.2, -0.15) is 0 Å². The van der Waals surface area contributed by atoms with Crippen molar-refractivity contribution in [3.8, 4) is 0 Å². The summed E-state index contributed by atoms with van der Waals surface area (Å²) in [5.74, 6) is 1.92. The van der Waals surface area contributed by atoms with E-state index in [1.807, 2.05) is 7.11 Å². The molecule has 0 bridgehead atoms. The van der Waals surface area contributed by atoms with E-state index in [-0.39, 0.29) is 6.10 Å². The van der Waals surface area contributed by atoms with Gasteiger partial charge in [-0.3, -0.25) is 0 Å². The van der Waals surface area contributed by atoms with Crippen molar-refractivity contribution in [1.29, 1.82) is 0 Å². The summed E-state index contributed by atoms with van der Waals surface area (Å²) in [6.07, 6.45) is 4.71. The molecular weight excluding hydrogens is 370 g/mol. The molecule has 0 amide bonds. The topological polar surface area (TPSA) is 30.3 Å². The number of rotatable bonds is 5. The maximum atomic E-state index is 6.07. The van der Waals surface area contributed by atoms with Crippen molar-refractivity contribution in [2.75, 3.05) is 26.7 Å². The van der Waals surface area contributed by atoms with Gasteiger partial charge < -0.3 is 14.2 Å². The second-order valence-electron chi connectivity index (χ2n) is 9.18. The number of benzene rings is 2. The number of methoxy groups -OCH3 is 1. The maximum absolute atomic E-state index is 6.07.